The Morgan fingerprint density at radius 1 is 1.00 bits per heavy atom. The van der Waals surface area contributed by atoms with Crippen molar-refractivity contribution in [3.63, 3.8) is 0 Å². The molecule has 0 saturated heterocycles. The van der Waals surface area contributed by atoms with Crippen molar-refractivity contribution in [3.8, 4) is 0 Å². The molecular weight excluding hydrogens is 429 g/mol. The summed E-state index contributed by atoms with van der Waals surface area (Å²) in [5, 5.41) is 3.09. The molecule has 4 rings (SSSR count). The van der Waals surface area contributed by atoms with Crippen LogP contribution in [0.3, 0.4) is 0 Å². The van der Waals surface area contributed by atoms with Crippen LogP contribution in [0.1, 0.15) is 33.1 Å². The van der Waals surface area contributed by atoms with Crippen molar-refractivity contribution in [1.82, 2.24) is 4.90 Å². The highest BCUT2D eigenvalue weighted by molar-refractivity contribution is 6.30. The fourth-order valence-corrected chi connectivity index (χ4v) is 3.91. The van der Waals surface area contributed by atoms with Crippen molar-refractivity contribution < 1.29 is 22.8 Å². The van der Waals surface area contributed by atoms with Gasteiger partial charge in [0.25, 0.3) is 5.91 Å². The van der Waals surface area contributed by atoms with Gasteiger partial charge >= 0.3 is 6.18 Å². The summed E-state index contributed by atoms with van der Waals surface area (Å²) in [6, 6.07) is 17.4. The molecule has 1 unspecified atom stereocenters. The number of alkyl halides is 3. The zero-order chi connectivity index (χ0) is 22.2. The van der Waals surface area contributed by atoms with Crippen molar-refractivity contribution in [2.24, 2.45) is 0 Å². The molecule has 1 atom stereocenters. The van der Waals surface area contributed by atoms with Crippen LogP contribution < -0.4 is 5.32 Å². The number of nitrogens with zero attached hydrogens (tertiary/aromatic N) is 1. The Morgan fingerprint density at radius 2 is 1.68 bits per heavy atom. The minimum absolute atomic E-state index is 0.374. The van der Waals surface area contributed by atoms with Crippen LogP contribution in [-0.2, 0) is 11.0 Å². The maximum absolute atomic E-state index is 13.6. The van der Waals surface area contributed by atoms with E-state index in [1.165, 1.54) is 12.1 Å². The van der Waals surface area contributed by atoms with Crippen molar-refractivity contribution in [2.45, 2.75) is 12.2 Å². The second-order valence-corrected chi connectivity index (χ2v) is 7.51. The summed E-state index contributed by atoms with van der Waals surface area (Å²) in [6.07, 6.45) is -4.72. The number of halogens is 4. The molecule has 0 spiro atoms. The highest BCUT2D eigenvalue weighted by Crippen LogP contribution is 2.39. The molecule has 0 radical (unpaired) electrons. The van der Waals surface area contributed by atoms with Gasteiger partial charge in [-0.15, -0.1) is 0 Å². The first-order valence-electron chi connectivity index (χ1n) is 9.37. The van der Waals surface area contributed by atoms with Gasteiger partial charge in [-0.1, -0.05) is 54.1 Å². The molecule has 8 heteroatoms. The molecule has 1 heterocycles. The van der Waals surface area contributed by atoms with Crippen molar-refractivity contribution in [2.75, 3.05) is 11.9 Å². The Kier molecular flexibility index (Phi) is 5.45. The minimum Gasteiger partial charge on any atom is -0.324 e. The molecule has 2 amide bonds. The Labute approximate surface area is 181 Å². The van der Waals surface area contributed by atoms with Gasteiger partial charge in [-0.05, 0) is 35.9 Å². The van der Waals surface area contributed by atoms with Crippen LogP contribution in [0.2, 0.25) is 5.02 Å². The minimum atomic E-state index is -4.72. The van der Waals surface area contributed by atoms with Crippen molar-refractivity contribution in [3.05, 3.63) is 100 Å². The largest absolute Gasteiger partial charge is 0.417 e. The van der Waals surface area contributed by atoms with E-state index >= 15 is 0 Å². The second-order valence-electron chi connectivity index (χ2n) is 7.07. The smallest absolute Gasteiger partial charge is 0.324 e. The first-order valence-corrected chi connectivity index (χ1v) is 9.75. The summed E-state index contributed by atoms with van der Waals surface area (Å²) in [4.78, 5) is 27.2. The first-order chi connectivity index (χ1) is 14.8. The summed E-state index contributed by atoms with van der Waals surface area (Å²) < 4.78 is 40.7. The Morgan fingerprint density at radius 3 is 2.39 bits per heavy atom. The number of amides is 2. The summed E-state index contributed by atoms with van der Waals surface area (Å²) >= 11 is 6.18. The van der Waals surface area contributed by atoms with E-state index in [0.717, 1.165) is 17.0 Å². The van der Waals surface area contributed by atoms with Crippen LogP contribution in [0.15, 0.2) is 72.8 Å². The molecule has 1 N–H and O–H groups in total. The summed E-state index contributed by atoms with van der Waals surface area (Å²) in [7, 11) is 0. The zero-order valence-electron chi connectivity index (χ0n) is 16.0. The van der Waals surface area contributed by atoms with Gasteiger partial charge in [0.15, 0.2) is 0 Å². The molecule has 0 aromatic heterocycles. The molecule has 0 fully saturated rings. The van der Waals surface area contributed by atoms with Gasteiger partial charge in [-0.3, -0.25) is 9.59 Å². The lowest BCUT2D eigenvalue weighted by Gasteiger charge is -2.31. The highest BCUT2D eigenvalue weighted by Gasteiger charge is 2.39. The number of nitrogens with one attached hydrogen (secondary N) is 1. The third-order valence-corrected chi connectivity index (χ3v) is 5.28. The molecule has 158 valence electrons. The molecule has 3 aromatic carbocycles. The van der Waals surface area contributed by atoms with Gasteiger partial charge in [-0.2, -0.15) is 13.2 Å². The van der Waals surface area contributed by atoms with Crippen LogP contribution >= 0.6 is 11.6 Å². The number of hydrogen-bond acceptors (Lipinski definition) is 2. The Balaban J connectivity index is 1.91. The number of carbonyl (C=O) groups excluding carboxylic acids is 2. The molecule has 0 bridgehead atoms. The van der Waals surface area contributed by atoms with Gasteiger partial charge in [0.2, 0.25) is 5.91 Å². The molecule has 1 aliphatic heterocycles. The molecule has 31 heavy (non-hydrogen) atoms. The monoisotopic (exact) mass is 444 g/mol. The van der Waals surface area contributed by atoms with Crippen LogP contribution in [0.5, 0.6) is 0 Å². The van der Waals surface area contributed by atoms with E-state index in [-0.39, 0.29) is 0 Å². The first kappa shape index (κ1) is 20.9. The van der Waals surface area contributed by atoms with E-state index in [1.54, 1.807) is 48.5 Å². The quantitative estimate of drug-likeness (QED) is 0.564. The third kappa shape index (κ3) is 4.14. The Bertz CT molecular complexity index is 1150. The van der Waals surface area contributed by atoms with E-state index in [1.807, 2.05) is 0 Å². The standard InChI is InChI=1S/C23H16ClF3N2O2/c24-15-10-11-19-17(12-15)21(14-6-2-1-3-7-14)29(13-20(30)28-19)22(31)16-8-4-5-9-18(16)23(25,26)27/h1-12,21H,13H2,(H,28,30). The third-order valence-electron chi connectivity index (χ3n) is 5.05. The molecule has 1 aliphatic rings. The van der Waals surface area contributed by atoms with Gasteiger partial charge in [0.05, 0.1) is 17.2 Å². The highest BCUT2D eigenvalue weighted by atomic mass is 35.5. The summed E-state index contributed by atoms with van der Waals surface area (Å²) in [5.74, 6) is -1.41. The van der Waals surface area contributed by atoms with Crippen molar-refractivity contribution >= 4 is 29.1 Å². The van der Waals surface area contributed by atoms with Gasteiger partial charge < -0.3 is 10.2 Å². The maximum Gasteiger partial charge on any atom is 0.417 e. The van der Waals surface area contributed by atoms with E-state index in [4.69, 9.17) is 11.6 Å². The van der Waals surface area contributed by atoms with Crippen molar-refractivity contribution in [1.29, 1.82) is 0 Å². The van der Waals surface area contributed by atoms with Crippen LogP contribution in [0.4, 0.5) is 18.9 Å². The number of hydrogen-bond donors (Lipinski definition) is 1. The van der Waals surface area contributed by atoms with E-state index in [0.29, 0.717) is 21.8 Å². The average Bonchev–Trinajstić information content (AvgIpc) is 2.89. The topological polar surface area (TPSA) is 49.4 Å². The zero-order valence-corrected chi connectivity index (χ0v) is 16.7. The molecule has 0 saturated carbocycles. The average molecular weight is 445 g/mol. The second kappa shape index (κ2) is 8.07. The number of anilines is 1. The van der Waals surface area contributed by atoms with Gasteiger partial charge in [-0.25, -0.2) is 0 Å². The predicted molar refractivity (Wildman–Crippen MR) is 111 cm³/mol. The molecule has 0 aliphatic carbocycles. The fraction of sp³-hybridized carbons (Fsp3) is 0.130. The van der Waals surface area contributed by atoms with Gasteiger partial charge in [0.1, 0.15) is 6.54 Å². The van der Waals surface area contributed by atoms with Gasteiger partial charge in [0, 0.05) is 16.3 Å². The fourth-order valence-electron chi connectivity index (χ4n) is 3.73. The SMILES string of the molecule is O=C1CN(C(=O)c2ccccc2C(F)(F)F)C(c2ccccc2)c2cc(Cl)ccc2N1. The molecular formula is C23H16ClF3N2O2. The molecule has 4 nitrogen and oxygen atoms in total. The maximum atomic E-state index is 13.6. The van der Waals surface area contributed by atoms with E-state index in [2.05, 4.69) is 5.32 Å². The van der Waals surface area contributed by atoms with Crippen LogP contribution in [0.25, 0.3) is 0 Å². The van der Waals surface area contributed by atoms with E-state index < -0.39 is 41.7 Å². The van der Waals surface area contributed by atoms with Crippen LogP contribution in [0, 0.1) is 0 Å². The lowest BCUT2D eigenvalue weighted by molar-refractivity contribution is -0.138. The number of carbonyl (C=O) groups is 2. The summed E-state index contributed by atoms with van der Waals surface area (Å²) in [6.45, 7) is -0.420. The predicted octanol–water partition coefficient (Wildman–Crippen LogP) is 5.54. The van der Waals surface area contributed by atoms with Crippen LogP contribution in [-0.4, -0.2) is 23.3 Å². The lowest BCUT2D eigenvalue weighted by atomic mass is 9.94. The lowest BCUT2D eigenvalue weighted by Crippen LogP contribution is -2.39. The number of benzene rings is 3. The summed E-state index contributed by atoms with van der Waals surface area (Å²) in [5.41, 5.74) is 0.0300. The Hall–Kier alpha value is -3.32. The van der Waals surface area contributed by atoms with E-state index in [9.17, 15) is 22.8 Å². The normalized spacial score (nSPS) is 16.3. The number of fused-ring (bicyclic) bond motifs is 1. The molecule has 3 aromatic rings. The number of rotatable bonds is 2.